The third-order valence-electron chi connectivity index (χ3n) is 11.8. The summed E-state index contributed by atoms with van der Waals surface area (Å²) in [6, 6.07) is 44.4. The Morgan fingerprint density at radius 1 is 0.549 bits per heavy atom. The Bertz CT molecular complexity index is 2870. The van der Waals surface area contributed by atoms with Crippen LogP contribution in [0.25, 0.3) is 51.8 Å². The van der Waals surface area contributed by atoms with Gasteiger partial charge in [0.05, 0.1) is 15.8 Å². The maximum atomic E-state index is 2.50. The molecule has 3 heterocycles. The van der Waals surface area contributed by atoms with Crippen molar-refractivity contribution < 1.29 is 0 Å². The van der Waals surface area contributed by atoms with E-state index < -0.39 is 0 Å². The molecule has 3 aliphatic rings. The van der Waals surface area contributed by atoms with Crippen molar-refractivity contribution in [3.05, 3.63) is 171 Å². The number of aryl methyl sites for hydroxylation is 4. The van der Waals surface area contributed by atoms with Crippen molar-refractivity contribution in [1.29, 1.82) is 0 Å². The molecule has 0 N–H and O–H groups in total. The van der Waals surface area contributed by atoms with Crippen molar-refractivity contribution in [1.82, 2.24) is 0 Å². The molecule has 0 amide bonds. The zero-order valence-corrected chi connectivity index (χ0v) is 30.7. The zero-order valence-electron chi connectivity index (χ0n) is 28.2. The lowest BCUT2D eigenvalue weighted by atomic mass is 9.61. The first-order valence-corrected chi connectivity index (χ1v) is 20.4. The molecule has 12 rings (SSSR count). The number of rotatable bonds is 3. The Morgan fingerprint density at radius 2 is 1.18 bits per heavy atom. The molecule has 0 saturated heterocycles. The normalized spacial score (nSPS) is 14.5. The van der Waals surface area contributed by atoms with Crippen molar-refractivity contribution >= 4 is 82.0 Å². The van der Waals surface area contributed by atoms with Gasteiger partial charge in [0.15, 0.2) is 0 Å². The van der Waals surface area contributed by atoms with Crippen molar-refractivity contribution in [3.8, 4) is 20.9 Å². The molecule has 51 heavy (non-hydrogen) atoms. The lowest BCUT2D eigenvalue weighted by molar-refractivity contribution is 0.779. The predicted octanol–water partition coefficient (Wildman–Crippen LogP) is 13.9. The predicted molar refractivity (Wildman–Crippen MR) is 220 cm³/mol. The van der Waals surface area contributed by atoms with E-state index in [1.807, 2.05) is 34.0 Å². The monoisotopic (exact) mass is 705 g/mol. The molecule has 0 atom stereocenters. The summed E-state index contributed by atoms with van der Waals surface area (Å²) in [5.74, 6) is 0. The van der Waals surface area contributed by atoms with E-state index in [2.05, 4.69) is 145 Å². The summed E-state index contributed by atoms with van der Waals surface area (Å²) in [4.78, 5) is 5.36. The van der Waals surface area contributed by atoms with Crippen LogP contribution >= 0.6 is 34.0 Å². The highest BCUT2D eigenvalue weighted by Gasteiger charge is 2.52. The van der Waals surface area contributed by atoms with Crippen LogP contribution in [0, 0.1) is 13.8 Å². The number of thiophene rings is 3. The number of nitrogens with zero attached hydrogens (tertiary/aromatic N) is 1. The highest BCUT2D eigenvalue weighted by atomic mass is 32.1. The van der Waals surface area contributed by atoms with Crippen LogP contribution < -0.4 is 4.90 Å². The van der Waals surface area contributed by atoms with Gasteiger partial charge in [-0.3, -0.25) is 0 Å². The van der Waals surface area contributed by atoms with Gasteiger partial charge in [-0.05, 0) is 141 Å². The van der Waals surface area contributed by atoms with E-state index in [1.54, 1.807) is 0 Å². The van der Waals surface area contributed by atoms with E-state index in [9.17, 15) is 0 Å². The van der Waals surface area contributed by atoms with Gasteiger partial charge in [-0.2, -0.15) is 0 Å². The first-order chi connectivity index (χ1) is 25.1. The largest absolute Gasteiger partial charge is 0.309 e. The Hall–Kier alpha value is -5.00. The second kappa shape index (κ2) is 10.1. The molecule has 0 aliphatic heterocycles. The van der Waals surface area contributed by atoms with Crippen LogP contribution in [0.5, 0.6) is 0 Å². The molecule has 0 unspecified atom stereocenters. The fourth-order valence-corrected chi connectivity index (χ4v) is 13.3. The van der Waals surface area contributed by atoms with Gasteiger partial charge >= 0.3 is 0 Å². The number of hydrogen-bond acceptors (Lipinski definition) is 4. The van der Waals surface area contributed by atoms with Crippen LogP contribution in [0.3, 0.4) is 0 Å². The molecule has 9 aromatic rings. The standard InChI is InChI=1S/C47H31NS3/c1-26-6-3-8-30(24-26)48(31-9-4-7-27(2)25-31)39-11-5-10-32-33-17-19-36-42(44(33)51-43(32)39)34-16-14-28-12-13-29-15-18-35(41(34)40(28)29)47(36)37-20-22-49-45(37)46-38(47)21-23-50-46/h3-11,14-25H,12-13H2,1-2H3. The molecule has 3 aliphatic carbocycles. The van der Waals surface area contributed by atoms with Gasteiger partial charge < -0.3 is 4.90 Å². The SMILES string of the molecule is Cc1cccc(N(c2cccc(C)c2)c2cccc3c2sc2c4c(ccc23)C2(c3ccsc3-c3sccc32)c2ccc3c5c(ccc-4c25)CC3)c1. The molecule has 0 radical (unpaired) electrons. The topological polar surface area (TPSA) is 3.24 Å². The number of anilines is 3. The highest BCUT2D eigenvalue weighted by molar-refractivity contribution is 7.27. The smallest absolute Gasteiger partial charge is 0.0743 e. The molecule has 0 saturated carbocycles. The minimum Gasteiger partial charge on any atom is -0.309 e. The van der Waals surface area contributed by atoms with Crippen LogP contribution in [-0.4, -0.2) is 0 Å². The fraction of sp³-hybridized carbons (Fsp3) is 0.106. The summed E-state index contributed by atoms with van der Waals surface area (Å²) in [7, 11) is 0. The fourth-order valence-electron chi connectivity index (χ4n) is 9.85. The second-order valence-electron chi connectivity index (χ2n) is 14.5. The maximum Gasteiger partial charge on any atom is 0.0743 e. The molecule has 242 valence electrons. The van der Waals surface area contributed by atoms with Gasteiger partial charge in [0.25, 0.3) is 0 Å². The zero-order chi connectivity index (χ0) is 33.6. The minimum atomic E-state index is -0.324. The number of benzene rings is 6. The van der Waals surface area contributed by atoms with E-state index in [1.165, 1.54) is 113 Å². The summed E-state index contributed by atoms with van der Waals surface area (Å²) in [5, 5.41) is 10.3. The molecule has 1 nitrogen and oxygen atoms in total. The second-order valence-corrected chi connectivity index (χ2v) is 17.4. The summed E-state index contributed by atoms with van der Waals surface area (Å²) in [6.45, 7) is 4.38. The Morgan fingerprint density at radius 3 is 1.86 bits per heavy atom. The quantitative estimate of drug-likeness (QED) is 0.177. The summed E-state index contributed by atoms with van der Waals surface area (Å²) in [6.07, 6.45) is 2.26. The van der Waals surface area contributed by atoms with Gasteiger partial charge in [-0.15, -0.1) is 34.0 Å². The third kappa shape index (κ3) is 3.55. The molecule has 4 heteroatoms. The summed E-state index contributed by atoms with van der Waals surface area (Å²) >= 11 is 5.80. The van der Waals surface area contributed by atoms with Gasteiger partial charge in [0, 0.05) is 42.2 Å². The van der Waals surface area contributed by atoms with Gasteiger partial charge in [0.1, 0.15) is 0 Å². The Labute approximate surface area is 308 Å². The third-order valence-corrected chi connectivity index (χ3v) is 15.1. The van der Waals surface area contributed by atoms with Crippen LogP contribution in [0.1, 0.15) is 44.5 Å². The van der Waals surface area contributed by atoms with E-state index in [-0.39, 0.29) is 5.41 Å². The van der Waals surface area contributed by atoms with Crippen LogP contribution in [0.4, 0.5) is 17.1 Å². The average molecular weight is 706 g/mol. The van der Waals surface area contributed by atoms with Crippen LogP contribution in [0.2, 0.25) is 0 Å². The average Bonchev–Trinajstić information content (AvgIpc) is 3.98. The van der Waals surface area contributed by atoms with Crippen LogP contribution in [-0.2, 0) is 18.3 Å². The van der Waals surface area contributed by atoms with Gasteiger partial charge in [-0.1, -0.05) is 72.8 Å². The molecular weight excluding hydrogens is 675 g/mol. The minimum absolute atomic E-state index is 0.324. The Balaban J connectivity index is 1.23. The first kappa shape index (κ1) is 28.7. The number of hydrogen-bond donors (Lipinski definition) is 0. The van der Waals surface area contributed by atoms with Gasteiger partial charge in [0.2, 0.25) is 0 Å². The van der Waals surface area contributed by atoms with Gasteiger partial charge in [-0.25, -0.2) is 0 Å². The molecule has 1 spiro atoms. The summed E-state index contributed by atoms with van der Waals surface area (Å²) in [5.41, 5.74) is 17.5. The molecular formula is C47H31NS3. The highest BCUT2D eigenvalue weighted by Crippen LogP contribution is 2.66. The number of fused-ring (bicyclic) bond motifs is 13. The van der Waals surface area contributed by atoms with E-state index in [4.69, 9.17) is 0 Å². The Kier molecular flexibility index (Phi) is 5.66. The summed E-state index contributed by atoms with van der Waals surface area (Å²) < 4.78 is 2.72. The molecule has 0 bridgehead atoms. The van der Waals surface area contributed by atoms with E-state index >= 15 is 0 Å². The molecule has 3 aromatic heterocycles. The lowest BCUT2D eigenvalue weighted by Crippen LogP contribution is -2.31. The van der Waals surface area contributed by atoms with E-state index in [0.29, 0.717) is 0 Å². The maximum absolute atomic E-state index is 2.50. The van der Waals surface area contributed by atoms with E-state index in [0.717, 1.165) is 12.8 Å². The molecule has 0 fully saturated rings. The first-order valence-electron chi connectivity index (χ1n) is 17.8. The molecule has 6 aromatic carbocycles. The van der Waals surface area contributed by atoms with Crippen LogP contribution in [0.15, 0.2) is 126 Å². The lowest BCUT2D eigenvalue weighted by Gasteiger charge is -2.39. The van der Waals surface area contributed by atoms with Crippen molar-refractivity contribution in [2.24, 2.45) is 0 Å². The van der Waals surface area contributed by atoms with Crippen molar-refractivity contribution in [3.63, 3.8) is 0 Å². The van der Waals surface area contributed by atoms with Crippen molar-refractivity contribution in [2.75, 3.05) is 4.90 Å². The van der Waals surface area contributed by atoms with Crippen molar-refractivity contribution in [2.45, 2.75) is 32.1 Å².